The van der Waals surface area contributed by atoms with Crippen molar-refractivity contribution in [1.82, 2.24) is 9.88 Å². The Balaban J connectivity index is 2.02. The molecule has 1 amide bonds. The number of piperidine rings is 1. The molecule has 0 radical (unpaired) electrons. The lowest BCUT2D eigenvalue weighted by molar-refractivity contribution is -0.133. The quantitative estimate of drug-likeness (QED) is 0.877. The van der Waals surface area contributed by atoms with Crippen LogP contribution in [0.15, 0.2) is 18.3 Å². The Morgan fingerprint density at radius 1 is 1.47 bits per heavy atom. The molecule has 104 valence electrons. The van der Waals surface area contributed by atoms with Gasteiger partial charge < -0.3 is 15.5 Å². The summed E-state index contributed by atoms with van der Waals surface area (Å²) in [7, 11) is 3.64. The highest BCUT2D eigenvalue weighted by Gasteiger charge is 2.27. The number of amides is 1. The predicted octanol–water partition coefficient (Wildman–Crippen LogP) is 0.845. The van der Waals surface area contributed by atoms with E-state index in [0.717, 1.165) is 37.3 Å². The van der Waals surface area contributed by atoms with Gasteiger partial charge in [0.1, 0.15) is 5.82 Å². The number of nitrogens with two attached hydrogens (primary N) is 1. The maximum atomic E-state index is 11.9. The standard InChI is InChI=1S/C14H22N4O/c1-17(2)14(19)11-5-8-18(9-6-11)13-12(10-15)4-3-7-16-13/h3-4,7,11H,5-6,8-10,15H2,1-2H3. The number of carbonyl (C=O) groups is 1. The van der Waals surface area contributed by atoms with Crippen molar-refractivity contribution in [3.63, 3.8) is 0 Å². The van der Waals surface area contributed by atoms with Gasteiger partial charge in [0.2, 0.25) is 5.91 Å². The van der Waals surface area contributed by atoms with Crippen LogP contribution in [0.5, 0.6) is 0 Å². The second-order valence-electron chi connectivity index (χ2n) is 5.18. The van der Waals surface area contributed by atoms with E-state index < -0.39 is 0 Å². The topological polar surface area (TPSA) is 62.5 Å². The third-order valence-corrected chi connectivity index (χ3v) is 3.67. The predicted molar refractivity (Wildman–Crippen MR) is 75.8 cm³/mol. The highest BCUT2D eigenvalue weighted by atomic mass is 16.2. The van der Waals surface area contributed by atoms with Crippen LogP contribution in [-0.4, -0.2) is 43.0 Å². The molecule has 0 aliphatic carbocycles. The number of nitrogens with zero attached hydrogens (tertiary/aromatic N) is 3. The normalized spacial score (nSPS) is 16.5. The summed E-state index contributed by atoms with van der Waals surface area (Å²) in [6.45, 7) is 2.24. The first-order valence-corrected chi connectivity index (χ1v) is 6.73. The first kappa shape index (κ1) is 13.8. The fourth-order valence-electron chi connectivity index (χ4n) is 2.58. The largest absolute Gasteiger partial charge is 0.356 e. The molecule has 5 heteroatoms. The molecule has 5 nitrogen and oxygen atoms in total. The van der Waals surface area contributed by atoms with Gasteiger partial charge in [-0.1, -0.05) is 6.07 Å². The van der Waals surface area contributed by atoms with Crippen molar-refractivity contribution in [2.24, 2.45) is 11.7 Å². The number of carbonyl (C=O) groups excluding carboxylic acids is 1. The Labute approximate surface area is 114 Å². The van der Waals surface area contributed by atoms with Crippen molar-refractivity contribution in [2.75, 3.05) is 32.1 Å². The van der Waals surface area contributed by atoms with E-state index in [1.807, 2.05) is 26.2 Å². The highest BCUT2D eigenvalue weighted by Crippen LogP contribution is 2.25. The zero-order chi connectivity index (χ0) is 13.8. The summed E-state index contributed by atoms with van der Waals surface area (Å²) < 4.78 is 0. The number of hydrogen-bond donors (Lipinski definition) is 1. The lowest BCUT2D eigenvalue weighted by atomic mass is 9.95. The molecule has 1 aromatic rings. The van der Waals surface area contributed by atoms with Gasteiger partial charge in [-0.15, -0.1) is 0 Å². The number of aromatic nitrogens is 1. The van der Waals surface area contributed by atoms with Crippen molar-refractivity contribution in [2.45, 2.75) is 19.4 Å². The minimum atomic E-state index is 0.149. The summed E-state index contributed by atoms with van der Waals surface area (Å²) in [6, 6.07) is 3.92. The van der Waals surface area contributed by atoms with E-state index in [0.29, 0.717) is 6.54 Å². The first-order valence-electron chi connectivity index (χ1n) is 6.73. The van der Waals surface area contributed by atoms with Crippen LogP contribution in [0.1, 0.15) is 18.4 Å². The zero-order valence-corrected chi connectivity index (χ0v) is 11.7. The van der Waals surface area contributed by atoms with Crippen molar-refractivity contribution < 1.29 is 4.79 Å². The maximum Gasteiger partial charge on any atom is 0.225 e. The molecule has 1 aliphatic heterocycles. The minimum absolute atomic E-state index is 0.149. The van der Waals surface area contributed by atoms with Crippen LogP contribution in [0.25, 0.3) is 0 Å². The molecule has 0 atom stereocenters. The van der Waals surface area contributed by atoms with E-state index >= 15 is 0 Å². The summed E-state index contributed by atoms with van der Waals surface area (Å²) in [6.07, 6.45) is 3.57. The molecule has 0 aromatic carbocycles. The molecule has 0 saturated carbocycles. The molecular weight excluding hydrogens is 240 g/mol. The molecule has 19 heavy (non-hydrogen) atoms. The highest BCUT2D eigenvalue weighted by molar-refractivity contribution is 5.78. The second-order valence-corrected chi connectivity index (χ2v) is 5.18. The summed E-state index contributed by atoms with van der Waals surface area (Å²) in [5.41, 5.74) is 6.81. The van der Waals surface area contributed by atoms with E-state index in [4.69, 9.17) is 5.73 Å². The van der Waals surface area contributed by atoms with Crippen LogP contribution in [-0.2, 0) is 11.3 Å². The van der Waals surface area contributed by atoms with Gasteiger partial charge in [-0.3, -0.25) is 4.79 Å². The molecular formula is C14H22N4O. The van der Waals surface area contributed by atoms with Crippen LogP contribution >= 0.6 is 0 Å². The Morgan fingerprint density at radius 2 is 2.16 bits per heavy atom. The van der Waals surface area contributed by atoms with Crippen molar-refractivity contribution in [1.29, 1.82) is 0 Å². The number of hydrogen-bond acceptors (Lipinski definition) is 4. The van der Waals surface area contributed by atoms with Crippen LogP contribution in [0.2, 0.25) is 0 Å². The summed E-state index contributed by atoms with van der Waals surface area (Å²) in [4.78, 5) is 20.3. The molecule has 2 rings (SSSR count). The summed E-state index contributed by atoms with van der Waals surface area (Å²) >= 11 is 0. The van der Waals surface area contributed by atoms with E-state index in [1.54, 1.807) is 11.1 Å². The Kier molecular flexibility index (Phi) is 4.37. The molecule has 1 saturated heterocycles. The molecule has 2 N–H and O–H groups in total. The first-order chi connectivity index (χ1) is 9.13. The zero-order valence-electron chi connectivity index (χ0n) is 11.7. The molecule has 0 unspecified atom stereocenters. The van der Waals surface area contributed by atoms with Crippen LogP contribution < -0.4 is 10.6 Å². The molecule has 0 spiro atoms. The monoisotopic (exact) mass is 262 g/mol. The lowest BCUT2D eigenvalue weighted by Crippen LogP contribution is -2.40. The fraction of sp³-hybridized carbons (Fsp3) is 0.571. The van der Waals surface area contributed by atoms with E-state index in [1.165, 1.54) is 0 Å². The smallest absolute Gasteiger partial charge is 0.225 e. The lowest BCUT2D eigenvalue weighted by Gasteiger charge is -2.34. The van der Waals surface area contributed by atoms with Gasteiger partial charge in [0.05, 0.1) is 0 Å². The van der Waals surface area contributed by atoms with Crippen molar-refractivity contribution in [3.8, 4) is 0 Å². The SMILES string of the molecule is CN(C)C(=O)C1CCN(c2ncccc2CN)CC1. The van der Waals surface area contributed by atoms with Crippen LogP contribution in [0, 0.1) is 5.92 Å². The summed E-state index contributed by atoms with van der Waals surface area (Å²) in [5.74, 6) is 1.36. The van der Waals surface area contributed by atoms with Crippen molar-refractivity contribution in [3.05, 3.63) is 23.9 Å². The van der Waals surface area contributed by atoms with Gasteiger partial charge >= 0.3 is 0 Å². The van der Waals surface area contributed by atoms with Crippen LogP contribution in [0.3, 0.4) is 0 Å². The van der Waals surface area contributed by atoms with E-state index in [-0.39, 0.29) is 11.8 Å². The molecule has 1 aliphatic rings. The van der Waals surface area contributed by atoms with Gasteiger partial charge in [-0.2, -0.15) is 0 Å². The van der Waals surface area contributed by atoms with Crippen LogP contribution in [0.4, 0.5) is 5.82 Å². The Hall–Kier alpha value is -1.62. The third kappa shape index (κ3) is 3.04. The second kappa shape index (κ2) is 6.02. The molecule has 2 heterocycles. The Bertz CT molecular complexity index is 439. The average molecular weight is 262 g/mol. The minimum Gasteiger partial charge on any atom is -0.356 e. The average Bonchev–Trinajstić information content (AvgIpc) is 2.46. The summed E-state index contributed by atoms with van der Waals surface area (Å²) in [5, 5.41) is 0. The number of rotatable bonds is 3. The van der Waals surface area contributed by atoms with Gasteiger partial charge in [0, 0.05) is 51.4 Å². The van der Waals surface area contributed by atoms with E-state index in [9.17, 15) is 4.79 Å². The Morgan fingerprint density at radius 3 is 2.74 bits per heavy atom. The van der Waals surface area contributed by atoms with E-state index in [2.05, 4.69) is 9.88 Å². The fourth-order valence-corrected chi connectivity index (χ4v) is 2.58. The maximum absolute atomic E-state index is 11.9. The van der Waals surface area contributed by atoms with Gasteiger partial charge in [-0.25, -0.2) is 4.98 Å². The van der Waals surface area contributed by atoms with Gasteiger partial charge in [0.25, 0.3) is 0 Å². The van der Waals surface area contributed by atoms with Crippen molar-refractivity contribution >= 4 is 11.7 Å². The number of anilines is 1. The number of pyridine rings is 1. The van der Waals surface area contributed by atoms with Gasteiger partial charge in [0.15, 0.2) is 0 Å². The van der Waals surface area contributed by atoms with Gasteiger partial charge in [-0.05, 0) is 18.9 Å². The molecule has 1 aromatic heterocycles. The molecule has 0 bridgehead atoms. The molecule has 1 fully saturated rings. The third-order valence-electron chi connectivity index (χ3n) is 3.67.